The Balaban J connectivity index is 1.64. The van der Waals surface area contributed by atoms with E-state index in [1.54, 1.807) is 29.2 Å². The normalized spacial score (nSPS) is 16.1. The molecular weight excluding hydrogens is 332 g/mol. The molecule has 1 saturated heterocycles. The summed E-state index contributed by atoms with van der Waals surface area (Å²) >= 11 is 5.82. The van der Waals surface area contributed by atoms with Gasteiger partial charge in [-0.3, -0.25) is 9.59 Å². The zero-order chi connectivity index (χ0) is 17.1. The van der Waals surface area contributed by atoms with Crippen molar-refractivity contribution in [2.75, 3.05) is 31.1 Å². The highest BCUT2D eigenvalue weighted by molar-refractivity contribution is 6.30. The lowest BCUT2D eigenvalue weighted by Gasteiger charge is -2.35. The van der Waals surface area contributed by atoms with Crippen molar-refractivity contribution in [3.05, 3.63) is 57.6 Å². The maximum atomic E-state index is 12.4. The van der Waals surface area contributed by atoms with E-state index in [-0.39, 0.29) is 11.5 Å². The van der Waals surface area contributed by atoms with Gasteiger partial charge in [0.1, 0.15) is 0 Å². The van der Waals surface area contributed by atoms with Gasteiger partial charge >= 0.3 is 0 Å². The number of carbonyl (C=O) groups is 1. The number of anilines is 1. The van der Waals surface area contributed by atoms with Crippen LogP contribution >= 0.6 is 11.6 Å². The number of piperazine rings is 1. The highest BCUT2D eigenvalue weighted by Crippen LogP contribution is 2.19. The number of hydrogen-bond donors (Lipinski definition) is 2. The number of H-pyrrole nitrogens is 1. The molecule has 0 radical (unpaired) electrons. The number of nitrogens with one attached hydrogen (secondary N) is 1. The second-order valence-corrected chi connectivity index (χ2v) is 5.94. The lowest BCUT2D eigenvalue weighted by molar-refractivity contribution is -0.140. The number of benzene rings is 1. The molecule has 1 atom stereocenters. The van der Waals surface area contributed by atoms with Crippen molar-refractivity contribution in [2.24, 2.45) is 0 Å². The van der Waals surface area contributed by atoms with Gasteiger partial charge in [-0.2, -0.15) is 0 Å². The van der Waals surface area contributed by atoms with Crippen molar-refractivity contribution in [1.82, 2.24) is 14.9 Å². The van der Waals surface area contributed by atoms with E-state index in [9.17, 15) is 14.7 Å². The molecule has 2 aromatic rings. The standard InChI is InChI=1S/C16H17ClN4O3/c17-12-3-1-11(2-4-12)13(22)16(24)21-9-7-20(8-10-21)14-15(23)19-6-5-18-14/h1-6,13,22H,7-10H2,(H,19,23). The number of carbonyl (C=O) groups excluding carboxylic acids is 1. The highest BCUT2D eigenvalue weighted by Gasteiger charge is 2.28. The molecule has 1 aliphatic rings. The SMILES string of the molecule is O=C(C(O)c1ccc(Cl)cc1)N1CCN(c2ncc[nH]c2=O)CC1. The van der Waals surface area contributed by atoms with Crippen LogP contribution in [0, 0.1) is 0 Å². The average Bonchev–Trinajstić information content (AvgIpc) is 2.62. The van der Waals surface area contributed by atoms with Gasteiger partial charge in [-0.05, 0) is 17.7 Å². The Morgan fingerprint density at radius 3 is 2.50 bits per heavy atom. The fourth-order valence-corrected chi connectivity index (χ4v) is 2.79. The number of aliphatic hydroxyl groups is 1. The topological polar surface area (TPSA) is 89.5 Å². The Morgan fingerprint density at radius 1 is 1.21 bits per heavy atom. The minimum Gasteiger partial charge on any atom is -0.378 e. The summed E-state index contributed by atoms with van der Waals surface area (Å²) in [6.45, 7) is 1.80. The number of aromatic amines is 1. The van der Waals surface area contributed by atoms with E-state index < -0.39 is 6.10 Å². The molecule has 2 N–H and O–H groups in total. The van der Waals surface area contributed by atoms with Crippen molar-refractivity contribution in [1.29, 1.82) is 0 Å². The van der Waals surface area contributed by atoms with Crippen molar-refractivity contribution >= 4 is 23.3 Å². The van der Waals surface area contributed by atoms with Crippen LogP contribution in [0.15, 0.2) is 41.5 Å². The molecule has 1 aliphatic heterocycles. The Bertz CT molecular complexity index is 769. The second-order valence-electron chi connectivity index (χ2n) is 5.51. The van der Waals surface area contributed by atoms with Crippen LogP contribution in [0.2, 0.25) is 5.02 Å². The zero-order valence-electron chi connectivity index (χ0n) is 12.9. The maximum Gasteiger partial charge on any atom is 0.290 e. The van der Waals surface area contributed by atoms with E-state index >= 15 is 0 Å². The van der Waals surface area contributed by atoms with Gasteiger partial charge in [-0.15, -0.1) is 0 Å². The third-order valence-electron chi connectivity index (χ3n) is 4.00. The van der Waals surface area contributed by atoms with Gasteiger partial charge in [0.2, 0.25) is 0 Å². The van der Waals surface area contributed by atoms with E-state index in [2.05, 4.69) is 9.97 Å². The van der Waals surface area contributed by atoms with Crippen molar-refractivity contribution in [3.63, 3.8) is 0 Å². The third-order valence-corrected chi connectivity index (χ3v) is 4.25. The van der Waals surface area contributed by atoms with Crippen LogP contribution in [0.4, 0.5) is 5.82 Å². The van der Waals surface area contributed by atoms with Crippen LogP contribution in [0.1, 0.15) is 11.7 Å². The summed E-state index contributed by atoms with van der Waals surface area (Å²) < 4.78 is 0. The fraction of sp³-hybridized carbons (Fsp3) is 0.312. The van der Waals surface area contributed by atoms with Gasteiger partial charge in [-0.25, -0.2) is 4.98 Å². The second kappa shape index (κ2) is 7.02. The van der Waals surface area contributed by atoms with E-state index in [1.165, 1.54) is 12.4 Å². The first-order valence-corrected chi connectivity index (χ1v) is 7.95. The largest absolute Gasteiger partial charge is 0.378 e. The van der Waals surface area contributed by atoms with Gasteiger partial charge < -0.3 is 19.9 Å². The Morgan fingerprint density at radius 2 is 1.88 bits per heavy atom. The predicted molar refractivity (Wildman–Crippen MR) is 90.1 cm³/mol. The van der Waals surface area contributed by atoms with Gasteiger partial charge in [-0.1, -0.05) is 23.7 Å². The first kappa shape index (κ1) is 16.5. The molecule has 1 amide bonds. The molecule has 3 rings (SSSR count). The van der Waals surface area contributed by atoms with Crippen LogP contribution in [-0.2, 0) is 4.79 Å². The first-order chi connectivity index (χ1) is 11.6. The molecule has 24 heavy (non-hydrogen) atoms. The van der Waals surface area contributed by atoms with Gasteiger partial charge in [0.25, 0.3) is 11.5 Å². The molecule has 1 aromatic heterocycles. The van der Waals surface area contributed by atoms with Crippen LogP contribution in [-0.4, -0.2) is 52.1 Å². The van der Waals surface area contributed by atoms with E-state index in [1.807, 2.05) is 4.90 Å². The average molecular weight is 349 g/mol. The number of hydrogen-bond acceptors (Lipinski definition) is 5. The summed E-state index contributed by atoms with van der Waals surface area (Å²) in [6, 6.07) is 6.54. The molecular formula is C16H17ClN4O3. The quantitative estimate of drug-likeness (QED) is 0.856. The summed E-state index contributed by atoms with van der Waals surface area (Å²) in [5.74, 6) is -0.00486. The first-order valence-electron chi connectivity index (χ1n) is 7.57. The minimum atomic E-state index is -1.22. The van der Waals surface area contributed by atoms with Crippen molar-refractivity contribution < 1.29 is 9.90 Å². The summed E-state index contributed by atoms with van der Waals surface area (Å²) in [5.41, 5.74) is 0.256. The Kier molecular flexibility index (Phi) is 4.82. The number of aliphatic hydroxyl groups excluding tert-OH is 1. The van der Waals surface area contributed by atoms with Crippen molar-refractivity contribution in [3.8, 4) is 0 Å². The molecule has 126 valence electrons. The van der Waals surface area contributed by atoms with Crippen LogP contribution < -0.4 is 10.5 Å². The summed E-state index contributed by atoms with van der Waals surface area (Å²) in [6.07, 6.45) is 1.79. The van der Waals surface area contributed by atoms with Gasteiger partial charge in [0, 0.05) is 43.6 Å². The summed E-state index contributed by atoms with van der Waals surface area (Å²) in [5, 5.41) is 10.8. The highest BCUT2D eigenvalue weighted by atomic mass is 35.5. The Hall–Kier alpha value is -2.38. The number of rotatable bonds is 3. The summed E-state index contributed by atoms with van der Waals surface area (Å²) in [7, 11) is 0. The van der Waals surface area contributed by atoms with Crippen LogP contribution in [0.25, 0.3) is 0 Å². The molecule has 2 heterocycles. The molecule has 7 nitrogen and oxygen atoms in total. The smallest absolute Gasteiger partial charge is 0.290 e. The number of amides is 1. The molecule has 1 fully saturated rings. The third kappa shape index (κ3) is 3.42. The molecule has 1 aromatic carbocycles. The molecule has 0 bridgehead atoms. The van der Waals surface area contributed by atoms with Gasteiger partial charge in [0.05, 0.1) is 0 Å². The molecule has 0 spiro atoms. The van der Waals surface area contributed by atoms with Crippen LogP contribution in [0.3, 0.4) is 0 Å². The monoisotopic (exact) mass is 348 g/mol. The maximum absolute atomic E-state index is 12.4. The van der Waals surface area contributed by atoms with E-state index in [0.29, 0.717) is 42.6 Å². The lowest BCUT2D eigenvalue weighted by Crippen LogP contribution is -2.51. The molecule has 1 unspecified atom stereocenters. The van der Waals surface area contributed by atoms with Crippen molar-refractivity contribution in [2.45, 2.75) is 6.10 Å². The molecule has 0 saturated carbocycles. The molecule has 0 aliphatic carbocycles. The number of aromatic nitrogens is 2. The fourth-order valence-electron chi connectivity index (χ4n) is 2.67. The van der Waals surface area contributed by atoms with Gasteiger partial charge in [0.15, 0.2) is 11.9 Å². The molecule has 8 heteroatoms. The lowest BCUT2D eigenvalue weighted by atomic mass is 10.1. The zero-order valence-corrected chi connectivity index (χ0v) is 13.6. The minimum absolute atomic E-state index is 0.251. The predicted octanol–water partition coefficient (Wildman–Crippen LogP) is 0.805. The Labute approximate surface area is 143 Å². The van der Waals surface area contributed by atoms with E-state index in [0.717, 1.165) is 0 Å². The number of nitrogens with zero attached hydrogens (tertiary/aromatic N) is 3. The summed E-state index contributed by atoms with van der Waals surface area (Å²) in [4.78, 5) is 34.3. The van der Waals surface area contributed by atoms with Crippen LogP contribution in [0.5, 0.6) is 0 Å². The number of halogens is 1. The van der Waals surface area contributed by atoms with E-state index in [4.69, 9.17) is 11.6 Å².